The predicted octanol–water partition coefficient (Wildman–Crippen LogP) is 3.78. The van der Waals surface area contributed by atoms with Gasteiger partial charge in [-0.2, -0.15) is 5.10 Å². The molecule has 1 aliphatic rings. The molecule has 1 amide bonds. The summed E-state index contributed by atoms with van der Waals surface area (Å²) < 4.78 is 7.01. The summed E-state index contributed by atoms with van der Waals surface area (Å²) in [5.74, 6) is 0.755. The molecule has 1 aromatic heterocycles. The van der Waals surface area contributed by atoms with Crippen molar-refractivity contribution in [2.45, 2.75) is 33.2 Å². The fourth-order valence-electron chi connectivity index (χ4n) is 4.22. The molecule has 4 rings (SSSR count). The molecule has 0 aliphatic carbocycles. The molecule has 0 bridgehead atoms. The maximum Gasteiger partial charge on any atom is 0.244 e. The number of hydrogen-bond acceptors (Lipinski definition) is 4. The highest BCUT2D eigenvalue weighted by molar-refractivity contribution is 6.01. The first-order chi connectivity index (χ1) is 14.4. The average Bonchev–Trinajstić information content (AvgIpc) is 3.08. The molecule has 1 saturated heterocycles. The van der Waals surface area contributed by atoms with E-state index < -0.39 is 0 Å². The molecule has 0 unspecified atom stereocenters. The SMILES string of the molecule is COc1ccc2cc(C(=O)[C@@H]3CCCN(C(=O)Cn4nc(C)cc4C)C3)ccc2c1. The molecule has 30 heavy (non-hydrogen) atoms. The number of amides is 1. The van der Waals surface area contributed by atoms with Crippen LogP contribution in [0.3, 0.4) is 0 Å². The summed E-state index contributed by atoms with van der Waals surface area (Å²) >= 11 is 0. The Morgan fingerprint density at radius 2 is 1.87 bits per heavy atom. The smallest absolute Gasteiger partial charge is 0.244 e. The van der Waals surface area contributed by atoms with Gasteiger partial charge in [0.15, 0.2) is 5.78 Å². The lowest BCUT2D eigenvalue weighted by Crippen LogP contribution is -2.43. The van der Waals surface area contributed by atoms with Gasteiger partial charge in [-0.15, -0.1) is 0 Å². The third-order valence-electron chi connectivity index (χ3n) is 5.87. The molecule has 6 heteroatoms. The van der Waals surface area contributed by atoms with E-state index in [-0.39, 0.29) is 24.2 Å². The Bertz CT molecular complexity index is 1100. The normalized spacial score (nSPS) is 16.6. The lowest BCUT2D eigenvalue weighted by atomic mass is 9.89. The Kier molecular flexibility index (Phi) is 5.57. The van der Waals surface area contributed by atoms with E-state index in [2.05, 4.69) is 5.10 Å². The quantitative estimate of drug-likeness (QED) is 0.606. The van der Waals surface area contributed by atoms with E-state index in [1.165, 1.54) is 0 Å². The summed E-state index contributed by atoms with van der Waals surface area (Å²) in [6.45, 7) is 5.25. The molecule has 1 atom stereocenters. The average molecular weight is 405 g/mol. The Morgan fingerprint density at radius 3 is 2.60 bits per heavy atom. The number of fused-ring (bicyclic) bond motifs is 1. The van der Waals surface area contributed by atoms with E-state index in [4.69, 9.17) is 4.74 Å². The Labute approximate surface area is 176 Å². The summed E-state index contributed by atoms with van der Waals surface area (Å²) in [6.07, 6.45) is 1.65. The summed E-state index contributed by atoms with van der Waals surface area (Å²) in [7, 11) is 1.64. The number of Topliss-reactive ketones (excluding diaryl/α,β-unsaturated/α-hetero) is 1. The number of piperidine rings is 1. The highest BCUT2D eigenvalue weighted by Gasteiger charge is 2.29. The van der Waals surface area contributed by atoms with Gasteiger partial charge in [0.2, 0.25) is 5.91 Å². The van der Waals surface area contributed by atoms with Crippen LogP contribution in [0.1, 0.15) is 34.6 Å². The number of hydrogen-bond donors (Lipinski definition) is 0. The zero-order valence-corrected chi connectivity index (χ0v) is 17.7. The van der Waals surface area contributed by atoms with Crippen molar-refractivity contribution >= 4 is 22.5 Å². The van der Waals surface area contributed by atoms with Crippen molar-refractivity contribution in [3.63, 3.8) is 0 Å². The van der Waals surface area contributed by atoms with Crippen molar-refractivity contribution in [3.05, 3.63) is 59.4 Å². The van der Waals surface area contributed by atoms with Crippen LogP contribution in [-0.4, -0.2) is 46.6 Å². The summed E-state index contributed by atoms with van der Waals surface area (Å²) in [5, 5.41) is 6.43. The number of aromatic nitrogens is 2. The summed E-state index contributed by atoms with van der Waals surface area (Å²) in [6, 6.07) is 13.6. The third-order valence-corrected chi connectivity index (χ3v) is 5.87. The lowest BCUT2D eigenvalue weighted by Gasteiger charge is -2.32. The lowest BCUT2D eigenvalue weighted by molar-refractivity contribution is -0.133. The van der Waals surface area contributed by atoms with Gasteiger partial charge in [0.05, 0.1) is 12.8 Å². The number of likely N-dealkylation sites (tertiary alicyclic amines) is 1. The van der Waals surface area contributed by atoms with E-state index in [1.54, 1.807) is 11.8 Å². The van der Waals surface area contributed by atoms with E-state index in [0.29, 0.717) is 18.7 Å². The second-order valence-electron chi connectivity index (χ2n) is 8.06. The zero-order chi connectivity index (χ0) is 21.3. The first kappa shape index (κ1) is 20.1. The Balaban J connectivity index is 1.47. The summed E-state index contributed by atoms with van der Waals surface area (Å²) in [4.78, 5) is 27.8. The number of carbonyl (C=O) groups excluding carboxylic acids is 2. The van der Waals surface area contributed by atoms with Crippen LogP contribution in [-0.2, 0) is 11.3 Å². The minimum Gasteiger partial charge on any atom is -0.497 e. The van der Waals surface area contributed by atoms with E-state index in [0.717, 1.165) is 40.8 Å². The number of benzene rings is 2. The van der Waals surface area contributed by atoms with Gasteiger partial charge in [0.1, 0.15) is 12.3 Å². The number of carbonyl (C=O) groups is 2. The van der Waals surface area contributed by atoms with Crippen LogP contribution in [0.4, 0.5) is 0 Å². The van der Waals surface area contributed by atoms with Crippen LogP contribution >= 0.6 is 0 Å². The largest absolute Gasteiger partial charge is 0.497 e. The maximum atomic E-state index is 13.2. The molecule has 156 valence electrons. The first-order valence-electron chi connectivity index (χ1n) is 10.4. The standard InChI is InChI=1S/C24H27N3O3/c1-16-11-17(2)27(25-16)15-23(28)26-10-4-5-21(14-26)24(29)20-7-6-19-13-22(30-3)9-8-18(19)12-20/h6-9,11-13,21H,4-5,10,14-15H2,1-3H3/t21-/m1/s1. The van der Waals surface area contributed by atoms with Gasteiger partial charge in [-0.1, -0.05) is 18.2 Å². The van der Waals surface area contributed by atoms with Gasteiger partial charge in [0, 0.05) is 30.3 Å². The minimum atomic E-state index is -0.168. The van der Waals surface area contributed by atoms with E-state index >= 15 is 0 Å². The summed E-state index contributed by atoms with van der Waals surface area (Å²) in [5.41, 5.74) is 2.57. The highest BCUT2D eigenvalue weighted by Crippen LogP contribution is 2.26. The molecule has 3 aromatic rings. The van der Waals surface area contributed by atoms with Crippen molar-refractivity contribution in [3.8, 4) is 5.75 Å². The number of aryl methyl sites for hydroxylation is 2. The molecular weight excluding hydrogens is 378 g/mol. The second-order valence-corrected chi connectivity index (χ2v) is 8.06. The van der Waals surface area contributed by atoms with Crippen LogP contribution < -0.4 is 4.74 Å². The molecule has 2 heterocycles. The van der Waals surface area contributed by atoms with Gasteiger partial charge in [-0.25, -0.2) is 0 Å². The van der Waals surface area contributed by atoms with Crippen molar-refractivity contribution in [2.75, 3.05) is 20.2 Å². The van der Waals surface area contributed by atoms with Crippen molar-refractivity contribution in [1.82, 2.24) is 14.7 Å². The molecular formula is C24H27N3O3. The van der Waals surface area contributed by atoms with Crippen LogP contribution in [0.2, 0.25) is 0 Å². The first-order valence-corrected chi connectivity index (χ1v) is 10.4. The van der Waals surface area contributed by atoms with Crippen LogP contribution in [0.5, 0.6) is 5.75 Å². The van der Waals surface area contributed by atoms with Gasteiger partial charge < -0.3 is 9.64 Å². The van der Waals surface area contributed by atoms with Crippen LogP contribution in [0, 0.1) is 19.8 Å². The molecule has 0 saturated carbocycles. The van der Waals surface area contributed by atoms with Crippen molar-refractivity contribution in [1.29, 1.82) is 0 Å². The fourth-order valence-corrected chi connectivity index (χ4v) is 4.22. The van der Waals surface area contributed by atoms with Gasteiger partial charge in [0.25, 0.3) is 0 Å². The predicted molar refractivity (Wildman–Crippen MR) is 116 cm³/mol. The van der Waals surface area contributed by atoms with Gasteiger partial charge in [-0.3, -0.25) is 14.3 Å². The third kappa shape index (κ3) is 4.08. The van der Waals surface area contributed by atoms with E-state index in [1.807, 2.05) is 61.2 Å². The number of ketones is 1. The van der Waals surface area contributed by atoms with E-state index in [9.17, 15) is 9.59 Å². The topological polar surface area (TPSA) is 64.4 Å². The molecule has 0 radical (unpaired) electrons. The van der Waals surface area contributed by atoms with Crippen molar-refractivity contribution < 1.29 is 14.3 Å². The van der Waals surface area contributed by atoms with Gasteiger partial charge >= 0.3 is 0 Å². The molecule has 0 spiro atoms. The monoisotopic (exact) mass is 405 g/mol. The Morgan fingerprint density at radius 1 is 1.10 bits per heavy atom. The maximum absolute atomic E-state index is 13.2. The van der Waals surface area contributed by atoms with Gasteiger partial charge in [-0.05, 0) is 61.7 Å². The number of ether oxygens (including phenoxy) is 1. The fraction of sp³-hybridized carbons (Fsp3) is 0.375. The molecule has 1 fully saturated rings. The number of methoxy groups -OCH3 is 1. The molecule has 2 aromatic carbocycles. The minimum absolute atomic E-state index is 0.0179. The Hall–Kier alpha value is -3.15. The number of nitrogens with zero attached hydrogens (tertiary/aromatic N) is 3. The van der Waals surface area contributed by atoms with Crippen LogP contribution in [0.15, 0.2) is 42.5 Å². The van der Waals surface area contributed by atoms with Crippen molar-refractivity contribution in [2.24, 2.45) is 5.92 Å². The number of rotatable bonds is 5. The highest BCUT2D eigenvalue weighted by atomic mass is 16.5. The van der Waals surface area contributed by atoms with Crippen LogP contribution in [0.25, 0.3) is 10.8 Å². The molecule has 1 aliphatic heterocycles. The second kappa shape index (κ2) is 8.30. The molecule has 0 N–H and O–H groups in total. The zero-order valence-electron chi connectivity index (χ0n) is 17.7. The molecule has 6 nitrogen and oxygen atoms in total.